The number of hydrogen-bond donors (Lipinski definition) is 1. The van der Waals surface area contributed by atoms with Gasteiger partial charge >= 0.3 is 0 Å². The summed E-state index contributed by atoms with van der Waals surface area (Å²) in [6.07, 6.45) is 1.78. The van der Waals surface area contributed by atoms with Crippen LogP contribution in [0.4, 0.5) is 5.69 Å². The largest absolute Gasteiger partial charge is 0.378 e. The van der Waals surface area contributed by atoms with Gasteiger partial charge in [-0.05, 0) is 47.1 Å². The SMILES string of the molecule is Cc1nc(Br)ccc1NCc1csc(-c2ccccn2)n1. The van der Waals surface area contributed by atoms with E-state index in [2.05, 4.69) is 41.6 Å². The number of rotatable bonds is 4. The third kappa shape index (κ3) is 3.46. The van der Waals surface area contributed by atoms with Gasteiger partial charge < -0.3 is 5.32 Å². The molecule has 3 rings (SSSR count). The molecule has 4 nitrogen and oxygen atoms in total. The summed E-state index contributed by atoms with van der Waals surface area (Å²) in [5.74, 6) is 0. The Balaban J connectivity index is 1.70. The Morgan fingerprint density at radius 2 is 2.10 bits per heavy atom. The Bertz CT molecular complexity index is 742. The topological polar surface area (TPSA) is 50.7 Å². The van der Waals surface area contributed by atoms with Crippen LogP contribution >= 0.6 is 27.3 Å². The van der Waals surface area contributed by atoms with Crippen molar-refractivity contribution in [3.8, 4) is 10.7 Å². The molecule has 0 aliphatic rings. The summed E-state index contributed by atoms with van der Waals surface area (Å²) in [7, 11) is 0. The lowest BCUT2D eigenvalue weighted by atomic mass is 10.3. The van der Waals surface area contributed by atoms with Crippen LogP contribution in [0, 0.1) is 6.92 Å². The molecule has 1 N–H and O–H groups in total. The summed E-state index contributed by atoms with van der Waals surface area (Å²) in [6, 6.07) is 9.79. The Morgan fingerprint density at radius 3 is 2.86 bits per heavy atom. The van der Waals surface area contributed by atoms with Crippen molar-refractivity contribution in [3.63, 3.8) is 0 Å². The molecule has 106 valence electrons. The maximum atomic E-state index is 4.61. The number of aromatic nitrogens is 3. The molecule has 0 unspecified atom stereocenters. The van der Waals surface area contributed by atoms with Crippen LogP contribution in [-0.4, -0.2) is 15.0 Å². The van der Waals surface area contributed by atoms with Crippen molar-refractivity contribution in [3.05, 3.63) is 57.9 Å². The lowest BCUT2D eigenvalue weighted by Gasteiger charge is -2.07. The molecule has 3 heterocycles. The third-order valence-corrected chi connectivity index (χ3v) is 4.30. The normalized spacial score (nSPS) is 10.6. The number of nitrogens with one attached hydrogen (secondary N) is 1. The highest BCUT2D eigenvalue weighted by atomic mass is 79.9. The second-order valence-corrected chi connectivity index (χ2v) is 6.15. The van der Waals surface area contributed by atoms with Crippen LogP contribution in [0.1, 0.15) is 11.4 Å². The molecule has 0 atom stereocenters. The molecular weight excluding hydrogens is 348 g/mol. The van der Waals surface area contributed by atoms with Gasteiger partial charge in [-0.15, -0.1) is 11.3 Å². The third-order valence-electron chi connectivity index (χ3n) is 2.95. The molecule has 0 amide bonds. The van der Waals surface area contributed by atoms with E-state index in [1.165, 1.54) is 0 Å². The van der Waals surface area contributed by atoms with Crippen LogP contribution in [-0.2, 0) is 6.54 Å². The fraction of sp³-hybridized carbons (Fsp3) is 0.133. The monoisotopic (exact) mass is 360 g/mol. The number of anilines is 1. The number of aryl methyl sites for hydroxylation is 1. The average Bonchev–Trinajstić information content (AvgIpc) is 2.96. The molecule has 0 radical (unpaired) electrons. The van der Waals surface area contributed by atoms with Crippen LogP contribution in [0.15, 0.2) is 46.5 Å². The summed E-state index contributed by atoms with van der Waals surface area (Å²) in [5.41, 5.74) is 3.90. The Labute approximate surface area is 135 Å². The lowest BCUT2D eigenvalue weighted by Crippen LogP contribution is -2.02. The summed E-state index contributed by atoms with van der Waals surface area (Å²) in [5, 5.41) is 6.36. The zero-order chi connectivity index (χ0) is 14.7. The number of thiazole rings is 1. The van der Waals surface area contributed by atoms with Crippen molar-refractivity contribution in [2.75, 3.05) is 5.32 Å². The first kappa shape index (κ1) is 14.2. The molecule has 0 aromatic carbocycles. The second-order valence-electron chi connectivity index (χ2n) is 4.48. The maximum absolute atomic E-state index is 4.61. The molecule has 0 saturated heterocycles. The van der Waals surface area contributed by atoms with Gasteiger partial charge in [0, 0.05) is 11.6 Å². The van der Waals surface area contributed by atoms with E-state index in [0.717, 1.165) is 32.4 Å². The Kier molecular flexibility index (Phi) is 4.26. The van der Waals surface area contributed by atoms with Crippen LogP contribution < -0.4 is 5.32 Å². The average molecular weight is 361 g/mol. The van der Waals surface area contributed by atoms with Gasteiger partial charge in [0.2, 0.25) is 0 Å². The zero-order valence-electron chi connectivity index (χ0n) is 11.4. The number of halogens is 1. The van der Waals surface area contributed by atoms with Gasteiger partial charge in [0.1, 0.15) is 9.61 Å². The minimum absolute atomic E-state index is 0.674. The van der Waals surface area contributed by atoms with E-state index in [1.54, 1.807) is 17.5 Å². The highest BCUT2D eigenvalue weighted by Crippen LogP contribution is 2.22. The molecule has 3 aromatic heterocycles. The van der Waals surface area contributed by atoms with Crippen molar-refractivity contribution >= 4 is 33.0 Å². The van der Waals surface area contributed by atoms with Crippen molar-refractivity contribution in [2.24, 2.45) is 0 Å². The molecule has 0 spiro atoms. The van der Waals surface area contributed by atoms with E-state index in [1.807, 2.05) is 37.3 Å². The number of nitrogens with zero attached hydrogens (tertiary/aromatic N) is 3. The van der Waals surface area contributed by atoms with Crippen molar-refractivity contribution in [2.45, 2.75) is 13.5 Å². The first-order valence-electron chi connectivity index (χ1n) is 6.45. The minimum Gasteiger partial charge on any atom is -0.378 e. The number of hydrogen-bond acceptors (Lipinski definition) is 5. The van der Waals surface area contributed by atoms with Crippen LogP contribution in [0.3, 0.4) is 0 Å². The molecule has 0 fully saturated rings. The van der Waals surface area contributed by atoms with Crippen molar-refractivity contribution in [1.82, 2.24) is 15.0 Å². The van der Waals surface area contributed by atoms with Crippen molar-refractivity contribution < 1.29 is 0 Å². The molecule has 0 bridgehead atoms. The van der Waals surface area contributed by atoms with Gasteiger partial charge in [0.15, 0.2) is 0 Å². The van der Waals surface area contributed by atoms with Gasteiger partial charge in [-0.1, -0.05) is 6.07 Å². The fourth-order valence-corrected chi connectivity index (χ4v) is 3.09. The van der Waals surface area contributed by atoms with E-state index < -0.39 is 0 Å². The van der Waals surface area contributed by atoms with Crippen molar-refractivity contribution in [1.29, 1.82) is 0 Å². The van der Waals surface area contributed by atoms with Crippen LogP contribution in [0.5, 0.6) is 0 Å². The van der Waals surface area contributed by atoms with E-state index >= 15 is 0 Å². The molecule has 21 heavy (non-hydrogen) atoms. The summed E-state index contributed by atoms with van der Waals surface area (Å²) in [4.78, 5) is 13.3. The molecular formula is C15H13BrN4S. The highest BCUT2D eigenvalue weighted by Gasteiger charge is 2.06. The van der Waals surface area contributed by atoms with E-state index in [4.69, 9.17) is 0 Å². The molecule has 0 aliphatic heterocycles. The van der Waals surface area contributed by atoms with Gasteiger partial charge in [-0.3, -0.25) is 4.98 Å². The standard InChI is InChI=1S/C15H13BrN4S/c1-10-12(5-6-14(16)19-10)18-8-11-9-21-15(20-11)13-4-2-3-7-17-13/h2-7,9,18H,8H2,1H3. The van der Waals surface area contributed by atoms with E-state index in [9.17, 15) is 0 Å². The first-order valence-corrected chi connectivity index (χ1v) is 8.12. The van der Waals surface area contributed by atoms with Gasteiger partial charge in [0.25, 0.3) is 0 Å². The Morgan fingerprint density at radius 1 is 1.19 bits per heavy atom. The van der Waals surface area contributed by atoms with E-state index in [0.29, 0.717) is 6.54 Å². The zero-order valence-corrected chi connectivity index (χ0v) is 13.8. The van der Waals surface area contributed by atoms with Crippen LogP contribution in [0.2, 0.25) is 0 Å². The first-order chi connectivity index (χ1) is 10.2. The van der Waals surface area contributed by atoms with E-state index in [-0.39, 0.29) is 0 Å². The van der Waals surface area contributed by atoms with Gasteiger partial charge in [0.05, 0.1) is 29.3 Å². The molecule has 0 saturated carbocycles. The number of pyridine rings is 2. The predicted molar refractivity (Wildman–Crippen MR) is 89.3 cm³/mol. The molecule has 6 heteroatoms. The smallest absolute Gasteiger partial charge is 0.142 e. The summed E-state index contributed by atoms with van der Waals surface area (Å²) in [6.45, 7) is 2.65. The second kappa shape index (κ2) is 6.32. The fourth-order valence-electron chi connectivity index (χ4n) is 1.90. The van der Waals surface area contributed by atoms with Gasteiger partial charge in [-0.25, -0.2) is 9.97 Å². The summed E-state index contributed by atoms with van der Waals surface area (Å²) >= 11 is 4.97. The molecule has 0 aliphatic carbocycles. The van der Waals surface area contributed by atoms with Gasteiger partial charge in [-0.2, -0.15) is 0 Å². The predicted octanol–water partition coefficient (Wildman–Crippen LogP) is 4.28. The Hall–Kier alpha value is -1.79. The maximum Gasteiger partial charge on any atom is 0.142 e. The lowest BCUT2D eigenvalue weighted by molar-refractivity contribution is 1.05. The molecule has 3 aromatic rings. The summed E-state index contributed by atoms with van der Waals surface area (Å²) < 4.78 is 0.844. The minimum atomic E-state index is 0.674. The van der Waals surface area contributed by atoms with Crippen LogP contribution in [0.25, 0.3) is 10.7 Å². The highest BCUT2D eigenvalue weighted by molar-refractivity contribution is 9.10. The quantitative estimate of drug-likeness (QED) is 0.705.